The summed E-state index contributed by atoms with van der Waals surface area (Å²) in [4.78, 5) is 34.4. The summed E-state index contributed by atoms with van der Waals surface area (Å²) in [5.74, 6) is -3.28. The molecule has 0 saturated heterocycles. The van der Waals surface area contributed by atoms with Gasteiger partial charge in [0.05, 0.1) is 18.4 Å². The van der Waals surface area contributed by atoms with E-state index in [4.69, 9.17) is 0 Å². The number of hydrogen-bond acceptors (Lipinski definition) is 4. The van der Waals surface area contributed by atoms with Crippen LogP contribution in [0.2, 0.25) is 0 Å². The van der Waals surface area contributed by atoms with Crippen molar-refractivity contribution in [3.8, 4) is 5.69 Å². The van der Waals surface area contributed by atoms with Gasteiger partial charge < -0.3 is 4.74 Å². The lowest BCUT2D eigenvalue weighted by atomic mass is 10.2. The third kappa shape index (κ3) is 2.02. The Morgan fingerprint density at radius 1 is 1.25 bits per heavy atom. The van der Waals surface area contributed by atoms with Crippen molar-refractivity contribution in [2.24, 2.45) is 7.05 Å². The van der Waals surface area contributed by atoms with Crippen LogP contribution in [0.4, 0.5) is 8.78 Å². The number of nitrogens with zero attached hydrogens (tertiary/aromatic N) is 2. The monoisotopic (exact) mass is 285 g/mol. The molecule has 0 saturated carbocycles. The minimum Gasteiger partial charge on any atom is -0.465 e. The Hall–Kier alpha value is -2.71. The van der Waals surface area contributed by atoms with Gasteiger partial charge in [-0.3, -0.25) is 0 Å². The van der Waals surface area contributed by atoms with Crippen molar-refractivity contribution in [3.63, 3.8) is 0 Å². The van der Waals surface area contributed by atoms with Gasteiger partial charge in [-0.15, -0.1) is 0 Å². The van der Waals surface area contributed by atoms with Gasteiger partial charge in [-0.1, -0.05) is 0 Å². The summed E-state index contributed by atoms with van der Waals surface area (Å²) in [6.07, 6.45) is 0. The van der Waals surface area contributed by atoms with Gasteiger partial charge in [0.2, 0.25) is 0 Å². The van der Waals surface area contributed by atoms with Crippen LogP contribution in [0.15, 0.2) is 21.7 Å². The van der Waals surface area contributed by atoms with E-state index in [1.54, 1.807) is 0 Å². The number of carbonyl (C=O) groups is 1. The molecule has 0 bridgehead atoms. The molecule has 0 atom stereocenters. The Kier molecular flexibility index (Phi) is 3.26. The second-order valence-electron chi connectivity index (χ2n) is 3.87. The third-order valence-electron chi connectivity index (χ3n) is 2.63. The zero-order chi connectivity index (χ0) is 15.0. The molecule has 0 unspecified atom stereocenters. The fraction of sp³-hybridized carbons (Fsp3) is 0.182. The zero-order valence-electron chi connectivity index (χ0n) is 10.4. The number of aromatic amines is 1. The summed E-state index contributed by atoms with van der Waals surface area (Å²) in [6, 6.07) is 1.15. The number of hydrogen-bond donors (Lipinski definition) is 1. The lowest BCUT2D eigenvalue weighted by Gasteiger charge is -2.06. The number of aromatic nitrogens is 3. The summed E-state index contributed by atoms with van der Waals surface area (Å²) in [6.45, 7) is 0. The first kappa shape index (κ1) is 13.7. The molecule has 0 radical (unpaired) electrons. The number of esters is 1. The summed E-state index contributed by atoms with van der Waals surface area (Å²) in [5.41, 5.74) is -3.03. The number of ether oxygens (including phenoxy) is 1. The highest BCUT2D eigenvalue weighted by Gasteiger charge is 2.20. The third-order valence-corrected chi connectivity index (χ3v) is 2.63. The lowest BCUT2D eigenvalue weighted by molar-refractivity contribution is 0.0595. The highest BCUT2D eigenvalue weighted by molar-refractivity contribution is 5.89. The topological polar surface area (TPSA) is 86.1 Å². The van der Waals surface area contributed by atoms with Crippen LogP contribution in [0, 0.1) is 11.6 Å². The van der Waals surface area contributed by atoms with Gasteiger partial charge in [0.1, 0.15) is 11.6 Å². The first-order chi connectivity index (χ1) is 9.36. The van der Waals surface area contributed by atoms with Crippen LogP contribution in [-0.2, 0) is 11.8 Å². The quantitative estimate of drug-likeness (QED) is 0.782. The van der Waals surface area contributed by atoms with E-state index in [0.717, 1.165) is 11.8 Å². The zero-order valence-corrected chi connectivity index (χ0v) is 10.4. The summed E-state index contributed by atoms with van der Waals surface area (Å²) in [5, 5.41) is 2.10. The van der Waals surface area contributed by atoms with Gasteiger partial charge in [-0.25, -0.2) is 37.5 Å². The van der Waals surface area contributed by atoms with Crippen LogP contribution in [0.1, 0.15) is 10.4 Å². The van der Waals surface area contributed by atoms with Crippen molar-refractivity contribution in [2.45, 2.75) is 0 Å². The van der Waals surface area contributed by atoms with Gasteiger partial charge in [-0.05, 0) is 6.07 Å². The van der Waals surface area contributed by atoms with E-state index in [1.807, 2.05) is 0 Å². The van der Waals surface area contributed by atoms with E-state index < -0.39 is 40.2 Å². The number of methoxy groups -OCH3 is 1. The molecule has 1 N–H and O–H groups in total. The van der Waals surface area contributed by atoms with Crippen molar-refractivity contribution in [1.82, 2.24) is 14.3 Å². The fourth-order valence-corrected chi connectivity index (χ4v) is 1.66. The molecular formula is C11H9F2N3O4. The molecule has 0 amide bonds. The molecule has 20 heavy (non-hydrogen) atoms. The standard InChI is InChI=1S/C11H9F2N3O4/c1-15-11(19)16(10(18)14-15)8-4-6(12)5(3-7(8)13)9(17)20-2/h3-4H,1-2H3,(H,14,18). The molecule has 2 aromatic rings. The Labute approximate surface area is 110 Å². The van der Waals surface area contributed by atoms with Crippen LogP contribution >= 0.6 is 0 Å². The number of H-pyrrole nitrogens is 1. The number of rotatable bonds is 2. The number of benzene rings is 1. The minimum atomic E-state index is -1.11. The van der Waals surface area contributed by atoms with E-state index in [0.29, 0.717) is 16.7 Å². The molecule has 0 aliphatic carbocycles. The van der Waals surface area contributed by atoms with E-state index in [9.17, 15) is 23.2 Å². The maximum absolute atomic E-state index is 13.9. The van der Waals surface area contributed by atoms with Gasteiger partial charge in [0.25, 0.3) is 0 Å². The van der Waals surface area contributed by atoms with Crippen molar-refractivity contribution < 1.29 is 18.3 Å². The molecule has 0 fully saturated rings. The summed E-state index contributed by atoms with van der Waals surface area (Å²) >= 11 is 0. The highest BCUT2D eigenvalue weighted by atomic mass is 19.1. The average Bonchev–Trinajstić information content (AvgIpc) is 2.65. The van der Waals surface area contributed by atoms with Crippen LogP contribution in [-0.4, -0.2) is 27.4 Å². The Balaban J connectivity index is 2.72. The lowest BCUT2D eigenvalue weighted by Crippen LogP contribution is -2.27. The van der Waals surface area contributed by atoms with Crippen molar-refractivity contribution in [3.05, 3.63) is 50.3 Å². The Bertz CT molecular complexity index is 803. The largest absolute Gasteiger partial charge is 0.465 e. The van der Waals surface area contributed by atoms with E-state index in [-0.39, 0.29) is 0 Å². The van der Waals surface area contributed by atoms with E-state index in [1.165, 1.54) is 7.05 Å². The maximum atomic E-state index is 13.9. The SMILES string of the molecule is COC(=O)c1cc(F)c(-n2c(=O)[nH]n(C)c2=O)cc1F. The second-order valence-corrected chi connectivity index (χ2v) is 3.87. The number of nitrogens with one attached hydrogen (secondary N) is 1. The Morgan fingerprint density at radius 3 is 2.40 bits per heavy atom. The molecule has 106 valence electrons. The van der Waals surface area contributed by atoms with E-state index in [2.05, 4.69) is 9.84 Å². The fourth-order valence-electron chi connectivity index (χ4n) is 1.66. The van der Waals surface area contributed by atoms with Crippen molar-refractivity contribution >= 4 is 5.97 Å². The highest BCUT2D eigenvalue weighted by Crippen LogP contribution is 2.17. The maximum Gasteiger partial charge on any atom is 0.351 e. The first-order valence-electron chi connectivity index (χ1n) is 5.32. The van der Waals surface area contributed by atoms with Crippen molar-refractivity contribution in [2.75, 3.05) is 7.11 Å². The minimum absolute atomic E-state index is 0.416. The molecular weight excluding hydrogens is 276 g/mol. The molecule has 0 spiro atoms. The van der Waals surface area contributed by atoms with Crippen LogP contribution in [0.25, 0.3) is 5.69 Å². The molecule has 9 heteroatoms. The molecule has 1 aromatic heterocycles. The van der Waals surface area contributed by atoms with Crippen LogP contribution < -0.4 is 11.4 Å². The molecule has 1 aromatic carbocycles. The number of carbonyl (C=O) groups excluding carboxylic acids is 1. The summed E-state index contributed by atoms with van der Waals surface area (Å²) < 4.78 is 33.1. The number of aryl methyl sites for hydroxylation is 1. The summed E-state index contributed by atoms with van der Waals surface area (Å²) in [7, 11) is 2.26. The normalized spacial score (nSPS) is 10.6. The van der Waals surface area contributed by atoms with Gasteiger partial charge in [0.15, 0.2) is 0 Å². The van der Waals surface area contributed by atoms with E-state index >= 15 is 0 Å². The van der Waals surface area contributed by atoms with Crippen molar-refractivity contribution in [1.29, 1.82) is 0 Å². The molecule has 2 rings (SSSR count). The molecule has 0 aliphatic rings. The predicted octanol–water partition coefficient (Wildman–Crippen LogP) is -0.0709. The van der Waals surface area contributed by atoms with Gasteiger partial charge in [0, 0.05) is 13.1 Å². The second kappa shape index (κ2) is 4.76. The number of halogens is 2. The Morgan fingerprint density at radius 2 is 1.90 bits per heavy atom. The van der Waals surface area contributed by atoms with Crippen LogP contribution in [0.5, 0.6) is 0 Å². The smallest absolute Gasteiger partial charge is 0.351 e. The molecule has 1 heterocycles. The molecule has 7 nitrogen and oxygen atoms in total. The van der Waals surface area contributed by atoms with Crippen LogP contribution in [0.3, 0.4) is 0 Å². The van der Waals surface area contributed by atoms with Gasteiger partial charge >= 0.3 is 17.3 Å². The average molecular weight is 285 g/mol. The predicted molar refractivity (Wildman–Crippen MR) is 62.9 cm³/mol. The van der Waals surface area contributed by atoms with Gasteiger partial charge in [-0.2, -0.15) is 0 Å². The first-order valence-corrected chi connectivity index (χ1v) is 5.32. The molecule has 0 aliphatic heterocycles.